The number of aromatic nitrogens is 2. The molecule has 0 saturated carbocycles. The number of hydrogen-bond donors (Lipinski definition) is 0. The zero-order chi connectivity index (χ0) is 21.7. The molecule has 0 bridgehead atoms. The maximum absolute atomic E-state index is 12.7. The maximum Gasteiger partial charge on any atom is 0.416 e. The van der Waals surface area contributed by atoms with Crippen LogP contribution in [-0.4, -0.2) is 60.3 Å². The minimum Gasteiger partial charge on any atom is -0.356 e. The zero-order valence-corrected chi connectivity index (χ0v) is 17.2. The van der Waals surface area contributed by atoms with Crippen molar-refractivity contribution in [3.63, 3.8) is 0 Å². The Hall–Kier alpha value is -2.84. The van der Waals surface area contributed by atoms with Gasteiger partial charge in [0.25, 0.3) is 0 Å². The van der Waals surface area contributed by atoms with E-state index >= 15 is 0 Å². The van der Waals surface area contributed by atoms with Gasteiger partial charge < -0.3 is 14.7 Å². The first-order valence-electron chi connectivity index (χ1n) is 10.1. The van der Waals surface area contributed by atoms with E-state index in [1.165, 1.54) is 12.1 Å². The van der Waals surface area contributed by atoms with Crippen LogP contribution in [0.15, 0.2) is 36.4 Å². The number of anilines is 2. The van der Waals surface area contributed by atoms with Gasteiger partial charge in [0, 0.05) is 39.3 Å². The van der Waals surface area contributed by atoms with Crippen LogP contribution in [0.2, 0.25) is 0 Å². The minimum atomic E-state index is -4.37. The third-order valence-electron chi connectivity index (χ3n) is 5.32. The molecule has 1 saturated heterocycles. The minimum absolute atomic E-state index is 0.0858. The summed E-state index contributed by atoms with van der Waals surface area (Å²) >= 11 is 0. The van der Waals surface area contributed by atoms with Gasteiger partial charge in [-0.2, -0.15) is 13.2 Å². The Morgan fingerprint density at radius 3 is 2.10 bits per heavy atom. The number of hydrogen-bond acceptors (Lipinski definition) is 5. The molecule has 0 radical (unpaired) electrons. The molecule has 0 aliphatic carbocycles. The highest BCUT2D eigenvalue weighted by Gasteiger charge is 2.30. The largest absolute Gasteiger partial charge is 0.416 e. The van der Waals surface area contributed by atoms with Gasteiger partial charge >= 0.3 is 6.18 Å². The van der Waals surface area contributed by atoms with Gasteiger partial charge in [-0.05, 0) is 43.7 Å². The van der Waals surface area contributed by atoms with Crippen LogP contribution in [0.3, 0.4) is 0 Å². The fourth-order valence-corrected chi connectivity index (χ4v) is 3.49. The Morgan fingerprint density at radius 1 is 0.967 bits per heavy atom. The molecule has 2 aromatic rings. The molecule has 1 aromatic heterocycles. The van der Waals surface area contributed by atoms with Crippen LogP contribution < -0.4 is 9.80 Å². The van der Waals surface area contributed by atoms with Gasteiger partial charge in [0.05, 0.1) is 12.0 Å². The molecule has 2 heterocycles. The fourth-order valence-electron chi connectivity index (χ4n) is 3.49. The van der Waals surface area contributed by atoms with E-state index in [9.17, 15) is 18.0 Å². The topological polar surface area (TPSA) is 52.6 Å². The van der Waals surface area contributed by atoms with Gasteiger partial charge in [0.1, 0.15) is 0 Å². The van der Waals surface area contributed by atoms with Gasteiger partial charge in [-0.25, -0.2) is 0 Å². The van der Waals surface area contributed by atoms with E-state index < -0.39 is 11.7 Å². The number of rotatable bonds is 6. The molecule has 30 heavy (non-hydrogen) atoms. The first-order chi connectivity index (χ1) is 14.3. The highest BCUT2D eigenvalue weighted by Crippen LogP contribution is 2.29. The molecule has 1 fully saturated rings. The fraction of sp³-hybridized carbons (Fsp3) is 0.476. The van der Waals surface area contributed by atoms with Crippen molar-refractivity contribution in [2.24, 2.45) is 0 Å². The number of piperazine rings is 1. The van der Waals surface area contributed by atoms with E-state index in [0.29, 0.717) is 31.7 Å². The SMILES string of the molecule is CCN(CC)c1ccc(N2CCN(C(=O)Cc3ccc(C(F)(F)F)cc3)CC2)nn1. The Labute approximate surface area is 174 Å². The number of nitrogens with zero attached hydrogens (tertiary/aromatic N) is 5. The molecule has 1 aromatic carbocycles. The van der Waals surface area contributed by atoms with Gasteiger partial charge in [0.15, 0.2) is 11.6 Å². The molecule has 9 heteroatoms. The van der Waals surface area contributed by atoms with Crippen LogP contribution >= 0.6 is 0 Å². The molecular formula is C21H26F3N5O. The van der Waals surface area contributed by atoms with Crippen molar-refractivity contribution >= 4 is 17.5 Å². The van der Waals surface area contributed by atoms with Crippen LogP contribution in [0.4, 0.5) is 24.8 Å². The van der Waals surface area contributed by atoms with Gasteiger partial charge in [-0.15, -0.1) is 10.2 Å². The number of carbonyl (C=O) groups excluding carboxylic acids is 1. The number of alkyl halides is 3. The zero-order valence-electron chi connectivity index (χ0n) is 17.2. The summed E-state index contributed by atoms with van der Waals surface area (Å²) in [5, 5.41) is 8.63. The van der Waals surface area contributed by atoms with Crippen LogP contribution in [0.25, 0.3) is 0 Å². The van der Waals surface area contributed by atoms with E-state index in [1.807, 2.05) is 12.1 Å². The lowest BCUT2D eigenvalue weighted by atomic mass is 10.1. The third kappa shape index (κ3) is 5.20. The van der Waals surface area contributed by atoms with Crippen molar-refractivity contribution < 1.29 is 18.0 Å². The molecule has 0 atom stereocenters. The molecule has 1 aliphatic heterocycles. The van der Waals surface area contributed by atoms with E-state index in [0.717, 1.165) is 36.9 Å². The van der Waals surface area contributed by atoms with E-state index in [2.05, 4.69) is 33.8 Å². The number of carbonyl (C=O) groups is 1. The summed E-state index contributed by atoms with van der Waals surface area (Å²) in [5.41, 5.74) is -0.131. The lowest BCUT2D eigenvalue weighted by Gasteiger charge is -2.35. The van der Waals surface area contributed by atoms with Crippen LogP contribution in [0, 0.1) is 0 Å². The van der Waals surface area contributed by atoms with Gasteiger partial charge in [-0.1, -0.05) is 12.1 Å². The third-order valence-corrected chi connectivity index (χ3v) is 5.32. The van der Waals surface area contributed by atoms with E-state index in [4.69, 9.17) is 0 Å². The summed E-state index contributed by atoms with van der Waals surface area (Å²) in [4.78, 5) is 18.5. The molecule has 6 nitrogen and oxygen atoms in total. The standard InChI is InChI=1S/C21H26F3N5O/c1-3-27(4-2)18-9-10-19(26-25-18)28-11-13-29(14-12-28)20(30)15-16-5-7-17(8-6-16)21(22,23)24/h5-10H,3-4,11-15H2,1-2H3. The highest BCUT2D eigenvalue weighted by atomic mass is 19.4. The molecule has 0 unspecified atom stereocenters. The lowest BCUT2D eigenvalue weighted by Crippen LogP contribution is -2.49. The highest BCUT2D eigenvalue weighted by molar-refractivity contribution is 5.79. The smallest absolute Gasteiger partial charge is 0.356 e. The predicted octanol–water partition coefficient (Wildman–Crippen LogP) is 3.23. The summed E-state index contributed by atoms with van der Waals surface area (Å²) < 4.78 is 38.0. The molecular weight excluding hydrogens is 395 g/mol. The second-order valence-corrected chi connectivity index (χ2v) is 7.16. The molecule has 0 spiro atoms. The summed E-state index contributed by atoms with van der Waals surface area (Å²) in [6.07, 6.45) is -4.28. The monoisotopic (exact) mass is 421 g/mol. The maximum atomic E-state index is 12.7. The van der Waals surface area contributed by atoms with Crippen LogP contribution in [0.5, 0.6) is 0 Å². The van der Waals surface area contributed by atoms with Gasteiger partial charge in [0.2, 0.25) is 5.91 Å². The van der Waals surface area contributed by atoms with Crippen molar-refractivity contribution in [1.29, 1.82) is 0 Å². The van der Waals surface area contributed by atoms with Gasteiger partial charge in [-0.3, -0.25) is 4.79 Å². The lowest BCUT2D eigenvalue weighted by molar-refractivity contribution is -0.137. The van der Waals surface area contributed by atoms with Crippen molar-refractivity contribution in [3.05, 3.63) is 47.5 Å². The van der Waals surface area contributed by atoms with Crippen molar-refractivity contribution in [2.75, 3.05) is 49.1 Å². The van der Waals surface area contributed by atoms with Crippen molar-refractivity contribution in [1.82, 2.24) is 15.1 Å². The molecule has 1 amide bonds. The normalized spacial score (nSPS) is 14.7. The molecule has 3 rings (SSSR count). The molecule has 162 valence electrons. The predicted molar refractivity (Wildman–Crippen MR) is 110 cm³/mol. The second-order valence-electron chi connectivity index (χ2n) is 7.16. The van der Waals surface area contributed by atoms with Crippen molar-refractivity contribution in [3.8, 4) is 0 Å². The Bertz CT molecular complexity index is 827. The first kappa shape index (κ1) is 21.9. The Balaban J connectivity index is 1.53. The summed E-state index contributed by atoms with van der Waals surface area (Å²) in [6, 6.07) is 8.66. The van der Waals surface area contributed by atoms with E-state index in [-0.39, 0.29) is 12.3 Å². The molecule has 0 N–H and O–H groups in total. The Kier molecular flexibility index (Phi) is 6.79. The average Bonchev–Trinajstić information content (AvgIpc) is 2.75. The summed E-state index contributed by atoms with van der Waals surface area (Å²) in [5.74, 6) is 1.53. The average molecular weight is 421 g/mol. The summed E-state index contributed by atoms with van der Waals surface area (Å²) in [6.45, 7) is 8.22. The second kappa shape index (κ2) is 9.32. The first-order valence-corrected chi connectivity index (χ1v) is 10.1. The number of benzene rings is 1. The van der Waals surface area contributed by atoms with E-state index in [1.54, 1.807) is 4.90 Å². The number of amides is 1. The van der Waals surface area contributed by atoms with Crippen LogP contribution in [-0.2, 0) is 17.4 Å². The number of halogens is 3. The van der Waals surface area contributed by atoms with Crippen LogP contribution in [0.1, 0.15) is 25.0 Å². The quantitative estimate of drug-likeness (QED) is 0.717. The summed E-state index contributed by atoms with van der Waals surface area (Å²) in [7, 11) is 0. The van der Waals surface area contributed by atoms with Crippen molar-refractivity contribution in [2.45, 2.75) is 26.4 Å². The Morgan fingerprint density at radius 2 is 1.60 bits per heavy atom. The molecule has 1 aliphatic rings.